The van der Waals surface area contributed by atoms with E-state index in [9.17, 15) is 23.3 Å². The van der Waals surface area contributed by atoms with E-state index in [0.717, 1.165) is 0 Å². The predicted octanol–water partition coefficient (Wildman–Crippen LogP) is 4.31. The van der Waals surface area contributed by atoms with Crippen molar-refractivity contribution in [2.24, 2.45) is 0 Å². The molecule has 0 unspecified atom stereocenters. The molecule has 0 radical (unpaired) electrons. The fraction of sp³-hybridized carbons (Fsp3) is 0.0500. The largest absolute Gasteiger partial charge is 0.496 e. The van der Waals surface area contributed by atoms with Gasteiger partial charge in [-0.05, 0) is 54.6 Å². The van der Waals surface area contributed by atoms with Crippen molar-refractivity contribution in [2.75, 3.05) is 17.1 Å². The summed E-state index contributed by atoms with van der Waals surface area (Å²) >= 11 is 5.78. The molecule has 0 aliphatic carbocycles. The van der Waals surface area contributed by atoms with Crippen LogP contribution < -0.4 is 14.8 Å². The third kappa shape index (κ3) is 5.30. The summed E-state index contributed by atoms with van der Waals surface area (Å²) in [6, 6.07) is 15.3. The maximum atomic E-state index is 12.6. The molecule has 0 saturated heterocycles. The van der Waals surface area contributed by atoms with Crippen LogP contribution in [-0.4, -0.2) is 26.4 Å². The first-order valence-corrected chi connectivity index (χ1v) is 10.6. The van der Waals surface area contributed by atoms with Crippen molar-refractivity contribution in [1.29, 1.82) is 0 Å². The number of carbonyl (C=O) groups excluding carboxylic acids is 1. The van der Waals surface area contributed by atoms with Gasteiger partial charge in [-0.3, -0.25) is 19.6 Å². The number of benzene rings is 3. The van der Waals surface area contributed by atoms with E-state index >= 15 is 0 Å². The number of hydrogen-bond donors (Lipinski definition) is 2. The van der Waals surface area contributed by atoms with Crippen LogP contribution in [0.4, 0.5) is 17.1 Å². The number of nitrogens with zero attached hydrogens (tertiary/aromatic N) is 1. The van der Waals surface area contributed by atoms with Gasteiger partial charge in [-0.2, -0.15) is 0 Å². The zero-order valence-corrected chi connectivity index (χ0v) is 17.6. The Morgan fingerprint density at radius 3 is 2.42 bits per heavy atom. The summed E-state index contributed by atoms with van der Waals surface area (Å²) in [5, 5.41) is 14.1. The molecule has 0 saturated carbocycles. The van der Waals surface area contributed by atoms with Crippen LogP contribution in [0, 0.1) is 10.1 Å². The molecule has 3 aromatic carbocycles. The lowest BCUT2D eigenvalue weighted by Crippen LogP contribution is -2.15. The van der Waals surface area contributed by atoms with Crippen LogP contribution in [0.1, 0.15) is 10.4 Å². The summed E-state index contributed by atoms with van der Waals surface area (Å²) in [4.78, 5) is 23.3. The molecule has 0 heterocycles. The summed E-state index contributed by atoms with van der Waals surface area (Å²) in [5.41, 5.74) is -0.122. The number of nitrogens with one attached hydrogen (secondary N) is 2. The molecule has 3 aromatic rings. The second-order valence-corrected chi connectivity index (χ2v) is 8.35. The Morgan fingerprint density at radius 2 is 1.77 bits per heavy atom. The normalized spacial score (nSPS) is 10.9. The molecule has 9 nitrogen and oxygen atoms in total. The highest BCUT2D eigenvalue weighted by Gasteiger charge is 2.19. The van der Waals surface area contributed by atoms with Gasteiger partial charge in [0.15, 0.2) is 0 Å². The highest BCUT2D eigenvalue weighted by molar-refractivity contribution is 7.92. The number of ether oxygens (including phenoxy) is 1. The molecule has 0 aliphatic heterocycles. The molecule has 31 heavy (non-hydrogen) atoms. The molecule has 0 aromatic heterocycles. The van der Waals surface area contributed by atoms with Gasteiger partial charge in [0.05, 0.1) is 23.0 Å². The summed E-state index contributed by atoms with van der Waals surface area (Å²) < 4.78 is 32.4. The summed E-state index contributed by atoms with van der Waals surface area (Å²) in [6.45, 7) is 0. The summed E-state index contributed by atoms with van der Waals surface area (Å²) in [7, 11) is -2.53. The number of amides is 1. The summed E-state index contributed by atoms with van der Waals surface area (Å²) in [5.74, 6) is -0.385. The van der Waals surface area contributed by atoms with Crippen LogP contribution in [-0.2, 0) is 10.0 Å². The molecular weight excluding hydrogens is 446 g/mol. The van der Waals surface area contributed by atoms with Crippen molar-refractivity contribution < 1.29 is 22.9 Å². The highest BCUT2D eigenvalue weighted by Crippen LogP contribution is 2.29. The zero-order valence-electron chi connectivity index (χ0n) is 16.0. The lowest BCUT2D eigenvalue weighted by atomic mass is 10.2. The fourth-order valence-corrected chi connectivity index (χ4v) is 3.82. The van der Waals surface area contributed by atoms with Gasteiger partial charge in [-0.15, -0.1) is 0 Å². The van der Waals surface area contributed by atoms with Crippen LogP contribution in [0.3, 0.4) is 0 Å². The van der Waals surface area contributed by atoms with Crippen LogP contribution >= 0.6 is 11.6 Å². The van der Waals surface area contributed by atoms with E-state index in [1.807, 2.05) is 0 Å². The van der Waals surface area contributed by atoms with Crippen LogP contribution in [0.25, 0.3) is 0 Å². The number of rotatable bonds is 7. The lowest BCUT2D eigenvalue weighted by molar-refractivity contribution is -0.384. The Kier molecular flexibility index (Phi) is 6.42. The minimum Gasteiger partial charge on any atom is -0.496 e. The Hall–Kier alpha value is -3.63. The van der Waals surface area contributed by atoms with E-state index in [1.165, 1.54) is 73.8 Å². The molecule has 3 rings (SSSR count). The second kappa shape index (κ2) is 9.02. The number of nitro groups is 1. The molecular formula is C20H16ClN3O6S. The Labute approximate surface area is 182 Å². The van der Waals surface area contributed by atoms with Crippen molar-refractivity contribution >= 4 is 44.6 Å². The third-order valence-electron chi connectivity index (χ3n) is 4.15. The topological polar surface area (TPSA) is 128 Å². The van der Waals surface area contributed by atoms with Gasteiger partial charge >= 0.3 is 0 Å². The smallest absolute Gasteiger partial charge is 0.296 e. The Morgan fingerprint density at radius 1 is 1.06 bits per heavy atom. The number of nitro benzene ring substituents is 1. The second-order valence-electron chi connectivity index (χ2n) is 6.23. The monoisotopic (exact) mass is 461 g/mol. The van der Waals surface area contributed by atoms with Gasteiger partial charge in [0.2, 0.25) is 0 Å². The van der Waals surface area contributed by atoms with E-state index in [2.05, 4.69) is 10.0 Å². The first kappa shape index (κ1) is 22.1. The van der Waals surface area contributed by atoms with E-state index in [0.29, 0.717) is 5.02 Å². The van der Waals surface area contributed by atoms with E-state index in [-0.39, 0.29) is 33.3 Å². The minimum absolute atomic E-state index is 0.000567. The standard InChI is InChI=1S/C20H16ClN3O6S/c1-30-16-7-10-18(19(12-16)24(26)27)22-20(25)13-3-2-4-15(11-13)23-31(28,29)17-8-5-14(21)6-9-17/h2-12,23H,1H3,(H,22,25). The van der Waals surface area contributed by atoms with Gasteiger partial charge < -0.3 is 10.1 Å². The van der Waals surface area contributed by atoms with Crippen molar-refractivity contribution in [3.8, 4) is 5.75 Å². The minimum atomic E-state index is -3.90. The van der Waals surface area contributed by atoms with Crippen LogP contribution in [0.15, 0.2) is 71.6 Å². The number of hydrogen-bond acceptors (Lipinski definition) is 6. The first-order chi connectivity index (χ1) is 14.7. The molecule has 0 spiro atoms. The van der Waals surface area contributed by atoms with Crippen molar-refractivity contribution in [2.45, 2.75) is 4.90 Å². The van der Waals surface area contributed by atoms with Crippen molar-refractivity contribution in [3.63, 3.8) is 0 Å². The van der Waals surface area contributed by atoms with Gasteiger partial charge in [-0.1, -0.05) is 17.7 Å². The molecule has 11 heteroatoms. The van der Waals surface area contributed by atoms with Gasteiger partial charge in [0.25, 0.3) is 21.6 Å². The average molecular weight is 462 g/mol. The van der Waals surface area contributed by atoms with Gasteiger partial charge in [0.1, 0.15) is 11.4 Å². The zero-order chi connectivity index (χ0) is 22.6. The van der Waals surface area contributed by atoms with Crippen LogP contribution in [0.5, 0.6) is 5.75 Å². The molecule has 0 bridgehead atoms. The number of halogens is 1. The highest BCUT2D eigenvalue weighted by atomic mass is 35.5. The molecule has 2 N–H and O–H groups in total. The molecule has 0 atom stereocenters. The number of carbonyl (C=O) groups is 1. The van der Waals surface area contributed by atoms with Crippen molar-refractivity contribution in [3.05, 3.63) is 87.4 Å². The van der Waals surface area contributed by atoms with E-state index < -0.39 is 20.9 Å². The average Bonchev–Trinajstić information content (AvgIpc) is 2.74. The number of anilines is 2. The Bertz CT molecular complexity index is 1250. The maximum Gasteiger partial charge on any atom is 0.296 e. The molecule has 1 amide bonds. The van der Waals surface area contributed by atoms with Crippen molar-refractivity contribution in [1.82, 2.24) is 0 Å². The van der Waals surface area contributed by atoms with Crippen LogP contribution in [0.2, 0.25) is 5.02 Å². The quantitative estimate of drug-likeness (QED) is 0.398. The summed E-state index contributed by atoms with van der Waals surface area (Å²) in [6.07, 6.45) is 0. The fourth-order valence-electron chi connectivity index (χ4n) is 2.64. The number of sulfonamides is 1. The molecule has 0 aliphatic rings. The van der Waals surface area contributed by atoms with E-state index in [1.54, 1.807) is 0 Å². The SMILES string of the molecule is COc1ccc(NC(=O)c2cccc(NS(=O)(=O)c3ccc(Cl)cc3)c2)c([N+](=O)[O-])c1. The third-order valence-corrected chi connectivity index (χ3v) is 5.80. The lowest BCUT2D eigenvalue weighted by Gasteiger charge is -2.11. The Balaban J connectivity index is 1.82. The number of methoxy groups -OCH3 is 1. The first-order valence-electron chi connectivity index (χ1n) is 8.72. The van der Waals surface area contributed by atoms with Gasteiger partial charge in [0, 0.05) is 16.3 Å². The predicted molar refractivity (Wildman–Crippen MR) is 116 cm³/mol. The maximum absolute atomic E-state index is 12.6. The molecule has 160 valence electrons. The van der Waals surface area contributed by atoms with E-state index in [4.69, 9.17) is 16.3 Å². The van der Waals surface area contributed by atoms with Gasteiger partial charge in [-0.25, -0.2) is 8.42 Å². The molecule has 0 fully saturated rings.